The largest absolute Gasteiger partial charge is 0.481 e. The second-order valence-electron chi connectivity index (χ2n) is 22.9. The Morgan fingerprint density at radius 3 is 1.20 bits per heavy atom. The zero-order valence-corrected chi connectivity index (χ0v) is 52.9. The van der Waals surface area contributed by atoms with Crippen molar-refractivity contribution in [1.82, 2.24) is 21.3 Å². The van der Waals surface area contributed by atoms with Crippen molar-refractivity contribution < 1.29 is 62.8 Å². The third kappa shape index (κ3) is 51.7. The number of nitrogens with two attached hydrogens (primary N) is 1. The van der Waals surface area contributed by atoms with Crippen LogP contribution >= 0.6 is 11.8 Å². The molecule has 0 heterocycles. The van der Waals surface area contributed by atoms with Gasteiger partial charge in [-0.05, 0) is 32.1 Å². The van der Waals surface area contributed by atoms with E-state index >= 15 is 0 Å². The molecule has 18 nitrogen and oxygen atoms in total. The summed E-state index contributed by atoms with van der Waals surface area (Å²) in [6, 6.07) is -4.19. The summed E-state index contributed by atoms with van der Waals surface area (Å²) in [5.41, 5.74) is 5.41. The summed E-state index contributed by atoms with van der Waals surface area (Å²) < 4.78 is 11.6. The van der Waals surface area contributed by atoms with E-state index in [1.165, 1.54) is 166 Å². The number of carboxylic acids is 2. The Balaban J connectivity index is 5.93. The first kappa shape index (κ1) is 78.6. The molecule has 4 atom stereocenters. The topological polar surface area (TPSA) is 287 Å². The summed E-state index contributed by atoms with van der Waals surface area (Å²) in [5.74, 6) is -7.26. The summed E-state index contributed by atoms with van der Waals surface area (Å²) in [6.45, 7) is 5.74. The highest BCUT2D eigenvalue weighted by Crippen LogP contribution is 2.18. The fourth-order valence-electron chi connectivity index (χ4n) is 9.80. The number of nitrogens with one attached hydrogen (secondary N) is 4. The normalized spacial score (nSPS) is 12.6. The molecule has 0 aromatic rings. The molecule has 83 heavy (non-hydrogen) atoms. The van der Waals surface area contributed by atoms with Crippen LogP contribution in [0.2, 0.25) is 0 Å². The van der Waals surface area contributed by atoms with Gasteiger partial charge in [0, 0.05) is 43.6 Å². The molecule has 0 radical (unpaired) electrons. The first-order valence-corrected chi connectivity index (χ1v) is 34.1. The maximum Gasteiger partial charge on any atom is 0.326 e. The summed E-state index contributed by atoms with van der Waals surface area (Å²) in [6.07, 6.45) is 40.6. The van der Waals surface area contributed by atoms with Gasteiger partial charge in [0.1, 0.15) is 30.8 Å². The fourth-order valence-corrected chi connectivity index (χ4v) is 10.8. The minimum Gasteiger partial charge on any atom is -0.481 e. The predicted molar refractivity (Wildman–Crippen MR) is 332 cm³/mol. The highest BCUT2D eigenvalue weighted by Gasteiger charge is 2.29. The quantitative estimate of drug-likeness (QED) is 0.0220. The second-order valence-corrected chi connectivity index (χ2v) is 24.0. The van der Waals surface area contributed by atoms with Crippen LogP contribution in [0.4, 0.5) is 0 Å². The van der Waals surface area contributed by atoms with Crippen molar-refractivity contribution in [3.63, 3.8) is 0 Å². The molecule has 0 saturated heterocycles. The van der Waals surface area contributed by atoms with E-state index in [1.54, 1.807) is 0 Å². The zero-order chi connectivity index (χ0) is 61.4. The molecule has 0 fully saturated rings. The first-order valence-electron chi connectivity index (χ1n) is 33.0. The summed E-state index contributed by atoms with van der Waals surface area (Å²) in [4.78, 5) is 115. The minimum absolute atomic E-state index is 0.0465. The Kier molecular flexibility index (Phi) is 53.7. The van der Waals surface area contributed by atoms with Crippen molar-refractivity contribution in [3.05, 3.63) is 0 Å². The molecule has 5 amide bonds. The third-order valence-corrected chi connectivity index (χ3v) is 16.1. The molecule has 1 unspecified atom stereocenters. The van der Waals surface area contributed by atoms with Gasteiger partial charge in [0.2, 0.25) is 29.5 Å². The van der Waals surface area contributed by atoms with E-state index in [-0.39, 0.29) is 56.2 Å². The van der Waals surface area contributed by atoms with Crippen LogP contribution in [0.3, 0.4) is 0 Å². The van der Waals surface area contributed by atoms with Gasteiger partial charge in [0.15, 0.2) is 0 Å². The maximum absolute atomic E-state index is 14.1. The molecule has 0 bridgehead atoms. The van der Waals surface area contributed by atoms with Gasteiger partial charge in [0.25, 0.3) is 0 Å². The van der Waals surface area contributed by atoms with Gasteiger partial charge < -0.3 is 46.7 Å². The van der Waals surface area contributed by atoms with Crippen LogP contribution in [0.25, 0.3) is 0 Å². The van der Waals surface area contributed by atoms with Crippen LogP contribution in [0.5, 0.6) is 0 Å². The molecule has 0 aromatic carbocycles. The van der Waals surface area contributed by atoms with Crippen LogP contribution in [0, 0.1) is 0 Å². The molecule has 0 aliphatic heterocycles. The number of primary amides is 1. The zero-order valence-electron chi connectivity index (χ0n) is 52.1. The van der Waals surface area contributed by atoms with Crippen LogP contribution in [-0.2, 0) is 52.6 Å². The standard InChI is InChI=1S/C64H117N5O13S/c1-4-7-10-13-16-19-22-24-27-30-33-36-39-42-60(75)81-49-52(82-61(76)43-40-37-34-31-28-25-23-20-17-14-11-8-5-2)50-83-51-55(68-57(71)41-38-35-32-29-26-21-18-15-12-9-6-3)63(78)69-53(44-46-56(65)70)62(77)66-48-58(72)67-54(64(79)80)45-47-59(73)74/h52-55H,4-51H2,1-3H3,(H2,65,70)(H,66,77)(H,67,72)(H,68,71)(H,69,78)(H,73,74)(H,79,80)/t52-,53-,54-,55?/m1/s1. The number of hydrogen-bond acceptors (Lipinski definition) is 12. The van der Waals surface area contributed by atoms with Crippen molar-refractivity contribution in [2.75, 3.05) is 24.7 Å². The lowest BCUT2D eigenvalue weighted by Crippen LogP contribution is -2.55. The number of amides is 5. The molecular formula is C64H117N5O13S. The summed E-state index contributed by atoms with van der Waals surface area (Å²) >= 11 is 1.19. The number of carbonyl (C=O) groups excluding carboxylic acids is 7. The van der Waals surface area contributed by atoms with E-state index < -0.39 is 91.1 Å². The number of esters is 2. The van der Waals surface area contributed by atoms with E-state index in [0.717, 1.165) is 64.2 Å². The average molecular weight is 1200 g/mol. The minimum atomic E-state index is -1.54. The number of carboxylic acid groups (broad SMARTS) is 2. The SMILES string of the molecule is CCCCCCCCCCCCCCCC(=O)OC[C@H](CSCC(NC(=O)CCCCCCCCCCCCC)C(=O)N[C@H](CCC(N)=O)C(=O)NCC(=O)N[C@H](CCC(=O)O)C(=O)O)OC(=O)CCCCCCCCCCCCCCC. The van der Waals surface area contributed by atoms with Gasteiger partial charge in [-0.15, -0.1) is 0 Å². The first-order chi connectivity index (χ1) is 40.1. The molecule has 0 aliphatic carbocycles. The molecule has 0 aromatic heterocycles. The number of aliphatic carboxylic acids is 2. The van der Waals surface area contributed by atoms with Gasteiger partial charge in [-0.1, -0.05) is 239 Å². The van der Waals surface area contributed by atoms with Gasteiger partial charge in [-0.3, -0.25) is 38.4 Å². The lowest BCUT2D eigenvalue weighted by atomic mass is 10.0. The predicted octanol–water partition coefficient (Wildman–Crippen LogP) is 12.6. The van der Waals surface area contributed by atoms with Crippen LogP contribution < -0.4 is 27.0 Å². The Hall–Kier alpha value is -4.42. The van der Waals surface area contributed by atoms with Crippen molar-refractivity contribution in [2.45, 2.75) is 328 Å². The van der Waals surface area contributed by atoms with Crippen LogP contribution in [0.15, 0.2) is 0 Å². The van der Waals surface area contributed by atoms with Crippen molar-refractivity contribution in [3.8, 4) is 0 Å². The Morgan fingerprint density at radius 2 is 0.795 bits per heavy atom. The van der Waals surface area contributed by atoms with Crippen molar-refractivity contribution >= 4 is 65.2 Å². The molecule has 0 aliphatic rings. The molecule has 482 valence electrons. The number of unbranched alkanes of at least 4 members (excludes halogenated alkanes) is 34. The lowest BCUT2D eigenvalue weighted by molar-refractivity contribution is -0.157. The number of thioether (sulfide) groups is 1. The monoisotopic (exact) mass is 1200 g/mol. The van der Waals surface area contributed by atoms with E-state index in [9.17, 15) is 48.3 Å². The van der Waals surface area contributed by atoms with Crippen molar-refractivity contribution in [1.29, 1.82) is 0 Å². The number of hydrogen-bond donors (Lipinski definition) is 7. The lowest BCUT2D eigenvalue weighted by Gasteiger charge is -2.24. The highest BCUT2D eigenvalue weighted by atomic mass is 32.2. The van der Waals surface area contributed by atoms with Crippen LogP contribution in [-0.4, -0.2) is 113 Å². The van der Waals surface area contributed by atoms with Gasteiger partial charge >= 0.3 is 23.9 Å². The fraction of sp³-hybridized carbons (Fsp3) is 0.859. The van der Waals surface area contributed by atoms with Gasteiger partial charge in [0.05, 0.1) is 6.54 Å². The second kappa shape index (κ2) is 56.7. The van der Waals surface area contributed by atoms with E-state index in [2.05, 4.69) is 42.0 Å². The third-order valence-electron chi connectivity index (χ3n) is 15.0. The average Bonchev–Trinajstić information content (AvgIpc) is 3.46. The molecule has 0 saturated carbocycles. The Morgan fingerprint density at radius 1 is 0.410 bits per heavy atom. The van der Waals surface area contributed by atoms with Crippen LogP contribution in [0.1, 0.15) is 303 Å². The Labute approximate surface area is 505 Å². The van der Waals surface area contributed by atoms with Gasteiger partial charge in [-0.2, -0.15) is 11.8 Å². The molecule has 0 spiro atoms. The van der Waals surface area contributed by atoms with E-state index in [1.807, 2.05) is 0 Å². The van der Waals surface area contributed by atoms with Crippen molar-refractivity contribution in [2.24, 2.45) is 5.73 Å². The summed E-state index contributed by atoms with van der Waals surface area (Å²) in [5, 5.41) is 28.3. The number of ether oxygens (including phenoxy) is 2. The van der Waals surface area contributed by atoms with Gasteiger partial charge in [-0.25, -0.2) is 4.79 Å². The summed E-state index contributed by atoms with van der Waals surface area (Å²) in [7, 11) is 0. The molecule has 19 heteroatoms. The number of rotatable bonds is 61. The maximum atomic E-state index is 14.1. The van der Waals surface area contributed by atoms with E-state index in [4.69, 9.17) is 20.3 Å². The molecule has 0 rings (SSSR count). The highest BCUT2D eigenvalue weighted by molar-refractivity contribution is 7.99. The Bertz CT molecular complexity index is 1720. The molecular weight excluding hydrogens is 1080 g/mol. The van der Waals surface area contributed by atoms with E-state index in [0.29, 0.717) is 19.3 Å². The number of carbonyl (C=O) groups is 9. The smallest absolute Gasteiger partial charge is 0.326 e. The molecule has 8 N–H and O–H groups in total.